The molecule has 2 heterocycles. The number of hydrogen-bond acceptors (Lipinski definition) is 6. The van der Waals surface area contributed by atoms with E-state index in [2.05, 4.69) is 5.28 Å². The summed E-state index contributed by atoms with van der Waals surface area (Å²) in [5, 5.41) is 25.8. The quantitative estimate of drug-likeness (QED) is 0.368. The van der Waals surface area contributed by atoms with E-state index in [0.717, 1.165) is 4.90 Å². The van der Waals surface area contributed by atoms with Gasteiger partial charge in [-0.25, -0.2) is 4.90 Å². The van der Waals surface area contributed by atoms with Crippen molar-refractivity contribution in [2.24, 2.45) is 11.2 Å². The molecule has 2 unspecified atom stereocenters. The van der Waals surface area contributed by atoms with Crippen LogP contribution in [-0.4, -0.2) is 57.7 Å². The molecule has 3 rings (SSSR count). The lowest BCUT2D eigenvalue weighted by atomic mass is 10.1. The third-order valence-corrected chi connectivity index (χ3v) is 4.22. The molecule has 9 heteroatoms. The van der Waals surface area contributed by atoms with Crippen LogP contribution < -0.4 is 0 Å². The number of amides is 2. The molecule has 2 aliphatic heterocycles. The molecule has 1 fully saturated rings. The summed E-state index contributed by atoms with van der Waals surface area (Å²) in [6, 6.07) is 6.48. The molecule has 1 aromatic rings. The van der Waals surface area contributed by atoms with E-state index in [0.29, 0.717) is 35.6 Å². The number of rotatable bonds is 5. The molecule has 9 nitrogen and oxygen atoms in total. The Labute approximate surface area is 138 Å². The molecular weight excluding hydrogens is 316 g/mol. The van der Waals surface area contributed by atoms with Crippen molar-refractivity contribution in [1.29, 1.82) is 0 Å². The summed E-state index contributed by atoms with van der Waals surface area (Å²) in [7, 11) is 0. The molecule has 1 aromatic carbocycles. The molecule has 2 atom stereocenters. The summed E-state index contributed by atoms with van der Waals surface area (Å²) >= 11 is 0. The predicted octanol–water partition coefficient (Wildman–Crippen LogP) is 0.752. The Bertz CT molecular complexity index is 657. The highest BCUT2D eigenvalue weighted by atomic mass is 16.7. The lowest BCUT2D eigenvalue weighted by Crippen LogP contribution is -2.39. The molecule has 0 bridgehead atoms. The van der Waals surface area contributed by atoms with Crippen LogP contribution in [-0.2, 0) is 4.84 Å². The number of imide groups is 1. The topological polar surface area (TPSA) is 109 Å². The summed E-state index contributed by atoms with van der Waals surface area (Å²) in [5.41, 5.74) is 0.615. The maximum Gasteiger partial charge on any atom is 0.264 e. The van der Waals surface area contributed by atoms with Gasteiger partial charge in [0.1, 0.15) is 0 Å². The minimum atomic E-state index is -1.01. The number of aliphatic hydroxyl groups excluding tert-OH is 1. The molecule has 24 heavy (non-hydrogen) atoms. The van der Waals surface area contributed by atoms with Gasteiger partial charge >= 0.3 is 0 Å². The van der Waals surface area contributed by atoms with Gasteiger partial charge in [0.05, 0.1) is 29.2 Å². The third kappa shape index (κ3) is 2.78. The second-order valence-electron chi connectivity index (χ2n) is 5.81. The zero-order valence-electron chi connectivity index (χ0n) is 13.2. The van der Waals surface area contributed by atoms with Gasteiger partial charge in [-0.3, -0.25) is 9.59 Å². The van der Waals surface area contributed by atoms with Crippen LogP contribution in [0.4, 0.5) is 0 Å². The average molecular weight is 334 g/mol. The number of fused-ring (bicyclic) bond motifs is 1. The number of hydrazine groups is 1. The van der Waals surface area contributed by atoms with Crippen molar-refractivity contribution in [3.8, 4) is 0 Å². The van der Waals surface area contributed by atoms with Crippen LogP contribution in [0.25, 0.3) is 0 Å². The minimum absolute atomic E-state index is 0.0106. The number of benzene rings is 1. The number of carbonyl (C=O) groups is 2. The largest absolute Gasteiger partial charge is 0.569 e. The summed E-state index contributed by atoms with van der Waals surface area (Å²) in [4.78, 5) is 30.9. The highest BCUT2D eigenvalue weighted by molar-refractivity contribution is 6.21. The SMILES string of the molecule is CC(O/N=[N+](\[O-])N1CCC(CO)C1)N1C(=O)c2ccccc2C1=O. The van der Waals surface area contributed by atoms with Gasteiger partial charge in [-0.2, -0.15) is 0 Å². The number of carbonyl (C=O) groups excluding carboxylic acids is 2. The standard InChI is InChI=1S/C15H18N4O5/c1-10(24-16-19(23)17-7-6-11(8-17)9-20)18-14(21)12-4-2-3-5-13(12)15(18)22/h2-5,10-11,20H,6-9H2,1H3/b19-16-. The van der Waals surface area contributed by atoms with Gasteiger partial charge < -0.3 is 15.2 Å². The Morgan fingerprint density at radius 1 is 1.38 bits per heavy atom. The maximum absolute atomic E-state index is 12.3. The molecule has 0 aliphatic carbocycles. The van der Waals surface area contributed by atoms with Crippen LogP contribution in [0.2, 0.25) is 0 Å². The normalized spacial score (nSPS) is 22.1. The monoisotopic (exact) mass is 334 g/mol. The van der Waals surface area contributed by atoms with Crippen LogP contribution in [0.5, 0.6) is 0 Å². The Kier molecular flexibility index (Phi) is 4.34. The highest BCUT2D eigenvalue weighted by Crippen LogP contribution is 2.25. The summed E-state index contributed by atoms with van der Waals surface area (Å²) < 4.78 is 0. The van der Waals surface area contributed by atoms with E-state index in [4.69, 9.17) is 9.94 Å². The van der Waals surface area contributed by atoms with E-state index in [-0.39, 0.29) is 12.5 Å². The molecule has 1 N–H and O–H groups in total. The van der Waals surface area contributed by atoms with E-state index in [1.165, 1.54) is 11.9 Å². The van der Waals surface area contributed by atoms with E-state index in [9.17, 15) is 14.8 Å². The molecule has 2 amide bonds. The molecule has 0 saturated carbocycles. The first-order chi connectivity index (χ1) is 11.5. The van der Waals surface area contributed by atoms with Crippen LogP contribution in [0.3, 0.4) is 0 Å². The fourth-order valence-electron chi connectivity index (χ4n) is 2.86. The fourth-order valence-corrected chi connectivity index (χ4v) is 2.86. The summed E-state index contributed by atoms with van der Waals surface area (Å²) in [6.07, 6.45) is -0.316. The van der Waals surface area contributed by atoms with Crippen molar-refractivity contribution in [2.45, 2.75) is 19.6 Å². The average Bonchev–Trinajstić information content (AvgIpc) is 3.17. The summed E-state index contributed by atoms with van der Waals surface area (Å²) in [5.74, 6) is -0.917. The van der Waals surface area contributed by atoms with E-state index >= 15 is 0 Å². The molecule has 0 spiro atoms. The Morgan fingerprint density at radius 2 is 2.00 bits per heavy atom. The predicted molar refractivity (Wildman–Crippen MR) is 80.3 cm³/mol. The smallest absolute Gasteiger partial charge is 0.264 e. The van der Waals surface area contributed by atoms with Gasteiger partial charge in [-0.15, -0.1) is 5.01 Å². The van der Waals surface area contributed by atoms with Gasteiger partial charge in [0, 0.05) is 12.5 Å². The highest BCUT2D eigenvalue weighted by Gasteiger charge is 2.39. The summed E-state index contributed by atoms with van der Waals surface area (Å²) in [6.45, 7) is 2.33. The van der Waals surface area contributed by atoms with Crippen molar-refractivity contribution in [2.75, 3.05) is 19.7 Å². The van der Waals surface area contributed by atoms with Crippen molar-refractivity contribution < 1.29 is 24.5 Å². The Morgan fingerprint density at radius 3 is 2.54 bits per heavy atom. The minimum Gasteiger partial charge on any atom is -0.569 e. The van der Waals surface area contributed by atoms with Crippen molar-refractivity contribution >= 4 is 11.8 Å². The van der Waals surface area contributed by atoms with Crippen molar-refractivity contribution in [3.05, 3.63) is 40.6 Å². The Balaban J connectivity index is 1.66. The van der Waals surface area contributed by atoms with Gasteiger partial charge in [-0.05, 0) is 25.5 Å². The van der Waals surface area contributed by atoms with Crippen LogP contribution in [0, 0.1) is 11.1 Å². The first-order valence-corrected chi connectivity index (χ1v) is 7.69. The van der Waals surface area contributed by atoms with E-state index in [1.807, 2.05) is 0 Å². The molecule has 1 saturated heterocycles. The molecule has 2 aliphatic rings. The van der Waals surface area contributed by atoms with Crippen molar-refractivity contribution in [1.82, 2.24) is 9.91 Å². The van der Waals surface area contributed by atoms with Crippen LogP contribution in [0.15, 0.2) is 29.5 Å². The Hall–Kier alpha value is -2.68. The van der Waals surface area contributed by atoms with Gasteiger partial charge in [0.15, 0.2) is 0 Å². The lowest BCUT2D eigenvalue weighted by molar-refractivity contribution is -0.709. The lowest BCUT2D eigenvalue weighted by Gasteiger charge is -2.19. The third-order valence-electron chi connectivity index (χ3n) is 4.22. The first-order valence-electron chi connectivity index (χ1n) is 7.69. The van der Waals surface area contributed by atoms with Gasteiger partial charge in [0.25, 0.3) is 11.8 Å². The van der Waals surface area contributed by atoms with E-state index in [1.54, 1.807) is 24.3 Å². The number of nitrogens with zero attached hydrogens (tertiary/aromatic N) is 4. The second kappa shape index (κ2) is 6.44. The van der Waals surface area contributed by atoms with Crippen LogP contribution in [0.1, 0.15) is 34.1 Å². The first kappa shape index (κ1) is 16.2. The van der Waals surface area contributed by atoms with Gasteiger partial charge in [-0.1, -0.05) is 12.1 Å². The van der Waals surface area contributed by atoms with Gasteiger partial charge in [0.2, 0.25) is 11.5 Å². The number of hydrogen-bond donors (Lipinski definition) is 1. The zero-order valence-corrected chi connectivity index (χ0v) is 13.2. The fraction of sp³-hybridized carbons (Fsp3) is 0.467. The molecular formula is C15H18N4O5. The van der Waals surface area contributed by atoms with E-state index < -0.39 is 18.0 Å². The second-order valence-corrected chi connectivity index (χ2v) is 5.81. The van der Waals surface area contributed by atoms with Crippen molar-refractivity contribution in [3.63, 3.8) is 0 Å². The molecule has 128 valence electrons. The maximum atomic E-state index is 12.3. The zero-order chi connectivity index (χ0) is 17.3. The molecule has 0 aromatic heterocycles. The molecule has 0 radical (unpaired) electrons. The number of aliphatic hydroxyl groups is 1. The van der Waals surface area contributed by atoms with Crippen LogP contribution >= 0.6 is 0 Å².